The third kappa shape index (κ3) is 22.6. The van der Waals surface area contributed by atoms with Crippen LogP contribution in [0.2, 0.25) is 0 Å². The first-order valence-corrected chi connectivity index (χ1v) is 4.32. The topological polar surface area (TPSA) is 117 Å². The van der Waals surface area contributed by atoms with Gasteiger partial charge in [0, 0.05) is 0 Å². The Kier molecular flexibility index (Phi) is 17.6. The summed E-state index contributed by atoms with van der Waals surface area (Å²) >= 11 is 0. The maximum atomic E-state index is 8.15. The molecule has 7 nitrogen and oxygen atoms in total. The molecule has 0 aromatic heterocycles. The zero-order valence-corrected chi connectivity index (χ0v) is 8.35. The molecule has 0 aliphatic carbocycles. The highest BCUT2D eigenvalue weighted by Crippen LogP contribution is 1.72. The van der Waals surface area contributed by atoms with Crippen molar-refractivity contribution in [3.63, 3.8) is 0 Å². The molecule has 0 aliphatic rings. The lowest BCUT2D eigenvalue weighted by molar-refractivity contribution is -0.178. The molecular formula is C7H20N2O5. The molecular weight excluding hydrogens is 192 g/mol. The zero-order chi connectivity index (χ0) is 11.2. The lowest BCUT2D eigenvalue weighted by Crippen LogP contribution is -2.19. The van der Waals surface area contributed by atoms with E-state index in [4.69, 9.17) is 21.1 Å². The van der Waals surface area contributed by atoms with Crippen molar-refractivity contribution in [2.45, 2.75) is 19.6 Å². The van der Waals surface area contributed by atoms with E-state index in [9.17, 15) is 0 Å². The van der Waals surface area contributed by atoms with E-state index in [1.807, 2.05) is 6.92 Å². The third-order valence-electron chi connectivity index (χ3n) is 0.923. The van der Waals surface area contributed by atoms with Crippen LogP contribution in [0.3, 0.4) is 0 Å². The fourth-order valence-electron chi connectivity index (χ4n) is 0.216. The molecule has 6 N–H and O–H groups in total. The fraction of sp³-hybridized carbons (Fsp3) is 1.00. The van der Waals surface area contributed by atoms with E-state index in [1.165, 1.54) is 0 Å². The summed E-state index contributed by atoms with van der Waals surface area (Å²) in [6, 6.07) is 0. The first-order chi connectivity index (χ1) is 6.68. The molecule has 0 saturated carbocycles. The molecule has 0 saturated heterocycles. The molecule has 0 aromatic carbocycles. The number of nitrogens with two attached hydrogens (primary N) is 1. The van der Waals surface area contributed by atoms with Gasteiger partial charge in [-0.2, -0.15) is 0 Å². The Balaban J connectivity index is 0. The first-order valence-electron chi connectivity index (χ1n) is 4.32. The van der Waals surface area contributed by atoms with Crippen LogP contribution in [0.5, 0.6) is 0 Å². The Hall–Kier alpha value is -0.280. The monoisotopic (exact) mass is 212 g/mol. The molecule has 0 radical (unpaired) electrons. The number of hydrogen-bond acceptors (Lipinski definition) is 7. The van der Waals surface area contributed by atoms with Crippen LogP contribution >= 0.6 is 0 Å². The first kappa shape index (κ1) is 16.2. The molecule has 0 bridgehead atoms. The van der Waals surface area contributed by atoms with Gasteiger partial charge in [0.1, 0.15) is 6.23 Å². The number of rotatable bonds is 7. The summed E-state index contributed by atoms with van der Waals surface area (Å²) in [7, 11) is 0. The molecule has 0 spiro atoms. The second-order valence-corrected chi connectivity index (χ2v) is 2.20. The molecule has 0 aromatic rings. The fourth-order valence-corrected chi connectivity index (χ4v) is 0.216. The second-order valence-electron chi connectivity index (χ2n) is 2.20. The van der Waals surface area contributed by atoms with Crippen LogP contribution in [0.15, 0.2) is 0 Å². The van der Waals surface area contributed by atoms with Crippen LogP contribution in [-0.4, -0.2) is 48.0 Å². The minimum Gasteiger partial charge on any atom is -0.394 e. The quantitative estimate of drug-likeness (QED) is 0.190. The van der Waals surface area contributed by atoms with E-state index in [1.54, 1.807) is 0 Å². The average Bonchev–Trinajstić information content (AvgIpc) is 2.19. The zero-order valence-electron chi connectivity index (χ0n) is 8.35. The maximum Gasteiger partial charge on any atom is 0.102 e. The highest BCUT2D eigenvalue weighted by molar-refractivity contribution is 4.31. The predicted octanol–water partition coefficient (Wildman–Crippen LogP) is -1.90. The van der Waals surface area contributed by atoms with Gasteiger partial charge in [-0.15, -0.1) is 0 Å². The van der Waals surface area contributed by atoms with Crippen LogP contribution in [-0.2, 0) is 9.68 Å². The van der Waals surface area contributed by atoms with Gasteiger partial charge in [-0.3, -0.25) is 9.68 Å². The van der Waals surface area contributed by atoms with Crippen molar-refractivity contribution in [2.75, 3.05) is 26.4 Å². The van der Waals surface area contributed by atoms with Gasteiger partial charge in [0.05, 0.1) is 26.4 Å². The van der Waals surface area contributed by atoms with Gasteiger partial charge in [0.2, 0.25) is 0 Å². The Labute approximate surface area is 83.3 Å². The third-order valence-corrected chi connectivity index (χ3v) is 0.923. The molecule has 0 rings (SSSR count). The summed E-state index contributed by atoms with van der Waals surface area (Å²) in [6.45, 7) is 2.05. The summed E-state index contributed by atoms with van der Waals surface area (Å²) < 4.78 is 0. The van der Waals surface area contributed by atoms with E-state index in [2.05, 4.69) is 15.3 Å². The number of aliphatic hydroxyl groups is 3. The van der Waals surface area contributed by atoms with Gasteiger partial charge in [-0.25, -0.2) is 0 Å². The maximum absolute atomic E-state index is 8.15. The van der Waals surface area contributed by atoms with E-state index >= 15 is 0 Å². The van der Waals surface area contributed by atoms with E-state index in [-0.39, 0.29) is 26.4 Å². The highest BCUT2D eigenvalue weighted by Gasteiger charge is 1.83. The van der Waals surface area contributed by atoms with Crippen LogP contribution < -0.4 is 11.4 Å². The summed E-state index contributed by atoms with van der Waals surface area (Å²) in [4.78, 5) is 8.90. The lowest BCUT2D eigenvalue weighted by Gasteiger charge is -2.01. The van der Waals surface area contributed by atoms with Gasteiger partial charge in [0.25, 0.3) is 0 Å². The van der Waals surface area contributed by atoms with Crippen LogP contribution in [0.1, 0.15) is 13.3 Å². The van der Waals surface area contributed by atoms with Crippen LogP contribution in [0.4, 0.5) is 0 Å². The molecule has 0 heterocycles. The Bertz CT molecular complexity index is 88.1. The van der Waals surface area contributed by atoms with Gasteiger partial charge >= 0.3 is 0 Å². The van der Waals surface area contributed by atoms with E-state index in [0.717, 1.165) is 0 Å². The van der Waals surface area contributed by atoms with Crippen molar-refractivity contribution in [3.05, 3.63) is 0 Å². The normalized spacial score (nSPS) is 11.8. The van der Waals surface area contributed by atoms with Crippen molar-refractivity contribution in [1.82, 2.24) is 5.64 Å². The molecule has 0 amide bonds. The molecule has 88 valence electrons. The summed E-state index contributed by atoms with van der Waals surface area (Å²) in [5.41, 5.74) is 6.91. The van der Waals surface area contributed by atoms with Gasteiger partial charge in [-0.05, 0) is 6.42 Å². The minimum atomic E-state index is -0.616. The van der Waals surface area contributed by atoms with Gasteiger partial charge in [0.15, 0.2) is 0 Å². The molecule has 0 fully saturated rings. The van der Waals surface area contributed by atoms with Gasteiger partial charge in [-0.1, -0.05) is 12.6 Å². The highest BCUT2D eigenvalue weighted by atomic mass is 16.9. The molecule has 1 atom stereocenters. The van der Waals surface area contributed by atoms with Crippen molar-refractivity contribution >= 4 is 0 Å². The Morgan fingerprint density at radius 2 is 1.57 bits per heavy atom. The average molecular weight is 212 g/mol. The number of aliphatic hydroxyl groups excluding tert-OH is 3. The number of hydrogen-bond donors (Lipinski definition) is 5. The van der Waals surface area contributed by atoms with Crippen LogP contribution in [0, 0.1) is 0 Å². The largest absolute Gasteiger partial charge is 0.394 e. The second kappa shape index (κ2) is 15.2. The molecule has 1 unspecified atom stereocenters. The summed E-state index contributed by atoms with van der Waals surface area (Å²) in [6.07, 6.45) is 0.0231. The molecule has 7 heteroatoms. The lowest BCUT2D eigenvalue weighted by atomic mass is 10.5. The summed E-state index contributed by atoms with van der Waals surface area (Å²) in [5, 5.41) is 24.4. The Morgan fingerprint density at radius 3 is 1.79 bits per heavy atom. The standard InChI is InChI=1S/C4H11NO4.C3H9NO/c6-1-3-8-5-9-4-2-7;1-2-3(4)5/h5-7H,1-4H2;3,5H,2,4H2,1H3. The minimum absolute atomic E-state index is 0.0600. The summed E-state index contributed by atoms with van der Waals surface area (Å²) in [5.74, 6) is 0. The van der Waals surface area contributed by atoms with E-state index < -0.39 is 6.23 Å². The molecule has 0 aliphatic heterocycles. The smallest absolute Gasteiger partial charge is 0.102 e. The number of nitrogens with one attached hydrogen (secondary N) is 1. The SMILES string of the molecule is CCC(N)O.OCCONOCCO. The van der Waals surface area contributed by atoms with Crippen molar-refractivity contribution in [3.8, 4) is 0 Å². The van der Waals surface area contributed by atoms with Crippen molar-refractivity contribution in [1.29, 1.82) is 0 Å². The predicted molar refractivity (Wildman–Crippen MR) is 49.7 cm³/mol. The van der Waals surface area contributed by atoms with E-state index in [0.29, 0.717) is 6.42 Å². The van der Waals surface area contributed by atoms with Gasteiger partial charge < -0.3 is 21.1 Å². The Morgan fingerprint density at radius 1 is 1.21 bits per heavy atom. The van der Waals surface area contributed by atoms with Crippen molar-refractivity contribution in [2.24, 2.45) is 5.73 Å². The molecule has 14 heavy (non-hydrogen) atoms. The van der Waals surface area contributed by atoms with Crippen LogP contribution in [0.25, 0.3) is 0 Å². The van der Waals surface area contributed by atoms with Crippen molar-refractivity contribution < 1.29 is 25.0 Å².